The number of sulfonamides is 1. The third-order valence-corrected chi connectivity index (χ3v) is 9.32. The molecule has 0 heterocycles. The van der Waals surface area contributed by atoms with Crippen molar-refractivity contribution < 1.29 is 22.9 Å². The van der Waals surface area contributed by atoms with Crippen molar-refractivity contribution in [3.05, 3.63) is 28.3 Å². The lowest BCUT2D eigenvalue weighted by atomic mass is 9.53. The highest BCUT2D eigenvalue weighted by Gasteiger charge is 2.51. The second-order valence-electron chi connectivity index (χ2n) is 9.51. The van der Waals surface area contributed by atoms with E-state index in [9.17, 15) is 23.3 Å². The topological polar surface area (TPSA) is 119 Å². The van der Waals surface area contributed by atoms with Gasteiger partial charge in [-0.1, -0.05) is 13.8 Å². The molecule has 4 aliphatic carbocycles. The van der Waals surface area contributed by atoms with E-state index in [2.05, 4.69) is 5.32 Å². The lowest BCUT2D eigenvalue weighted by molar-refractivity contribution is -0.386. The number of rotatable bonds is 9. The fraction of sp³-hybridized carbons (Fsp3) is 0.682. The Bertz CT molecular complexity index is 970. The van der Waals surface area contributed by atoms with E-state index in [-0.39, 0.29) is 41.8 Å². The highest BCUT2D eigenvalue weighted by Crippen LogP contribution is 2.55. The zero-order chi connectivity index (χ0) is 23.1. The third kappa shape index (κ3) is 4.34. The van der Waals surface area contributed by atoms with E-state index >= 15 is 0 Å². The maximum atomic E-state index is 12.7. The summed E-state index contributed by atoms with van der Waals surface area (Å²) in [6.07, 6.45) is 6.80. The Morgan fingerprint density at radius 1 is 1.16 bits per heavy atom. The Balaban J connectivity index is 1.45. The van der Waals surface area contributed by atoms with Gasteiger partial charge in [-0.3, -0.25) is 14.9 Å². The van der Waals surface area contributed by atoms with Gasteiger partial charge < -0.3 is 10.1 Å². The van der Waals surface area contributed by atoms with Gasteiger partial charge in [0, 0.05) is 24.7 Å². The van der Waals surface area contributed by atoms with Crippen LogP contribution in [0.2, 0.25) is 0 Å². The quantitative estimate of drug-likeness (QED) is 0.442. The maximum Gasteiger partial charge on any atom is 0.312 e. The smallest absolute Gasteiger partial charge is 0.312 e. The Morgan fingerprint density at radius 3 is 2.22 bits per heavy atom. The number of ether oxygens (including phenoxy) is 1. The van der Waals surface area contributed by atoms with Crippen molar-refractivity contribution in [2.45, 2.75) is 62.8 Å². The normalized spacial score (nSPS) is 28.7. The maximum absolute atomic E-state index is 12.7. The highest BCUT2D eigenvalue weighted by atomic mass is 32.2. The van der Waals surface area contributed by atoms with Crippen molar-refractivity contribution in [2.75, 3.05) is 19.7 Å². The number of nitrogens with zero attached hydrogens (tertiary/aromatic N) is 2. The average molecular weight is 466 g/mol. The molecule has 0 aliphatic heterocycles. The molecule has 0 unspecified atom stereocenters. The monoisotopic (exact) mass is 465 g/mol. The van der Waals surface area contributed by atoms with Crippen LogP contribution in [0.25, 0.3) is 0 Å². The van der Waals surface area contributed by atoms with Crippen molar-refractivity contribution in [3.63, 3.8) is 0 Å². The van der Waals surface area contributed by atoms with Crippen LogP contribution in [0.4, 0.5) is 5.69 Å². The van der Waals surface area contributed by atoms with E-state index < -0.39 is 20.6 Å². The van der Waals surface area contributed by atoms with Crippen molar-refractivity contribution in [1.29, 1.82) is 0 Å². The molecule has 4 aliphatic rings. The highest BCUT2D eigenvalue weighted by molar-refractivity contribution is 7.89. The van der Waals surface area contributed by atoms with E-state index in [0.29, 0.717) is 17.8 Å². The Labute approximate surface area is 188 Å². The van der Waals surface area contributed by atoms with Gasteiger partial charge in [0.15, 0.2) is 12.4 Å². The summed E-state index contributed by atoms with van der Waals surface area (Å²) in [4.78, 5) is 23.4. The molecule has 4 bridgehead atoms. The van der Waals surface area contributed by atoms with Crippen LogP contribution < -0.4 is 10.1 Å². The SMILES string of the molecule is CCN(CC)S(=O)(=O)c1ccc(OCC(=O)NC23CC4CC(CC(C4)C2)C3)c([N+](=O)[O-])c1. The Morgan fingerprint density at radius 2 is 1.72 bits per heavy atom. The number of carbonyl (C=O) groups is 1. The van der Waals surface area contributed by atoms with E-state index in [1.165, 1.54) is 35.7 Å². The predicted molar refractivity (Wildman–Crippen MR) is 118 cm³/mol. The molecular weight excluding hydrogens is 434 g/mol. The van der Waals surface area contributed by atoms with Crippen LogP contribution in [0.3, 0.4) is 0 Å². The fourth-order valence-electron chi connectivity index (χ4n) is 6.37. The van der Waals surface area contributed by atoms with Gasteiger partial charge in [-0.05, 0) is 68.4 Å². The van der Waals surface area contributed by atoms with Gasteiger partial charge in [-0.25, -0.2) is 8.42 Å². The van der Waals surface area contributed by atoms with E-state index in [1.807, 2.05) is 0 Å². The Hall–Kier alpha value is -2.20. The summed E-state index contributed by atoms with van der Waals surface area (Å²) in [7, 11) is -3.84. The van der Waals surface area contributed by atoms with Crippen LogP contribution in [0.1, 0.15) is 52.4 Å². The molecule has 10 heteroatoms. The molecule has 0 atom stereocenters. The van der Waals surface area contributed by atoms with Gasteiger partial charge in [0.1, 0.15) is 0 Å². The molecule has 1 N–H and O–H groups in total. The summed E-state index contributed by atoms with van der Waals surface area (Å²) < 4.78 is 32.1. The summed E-state index contributed by atoms with van der Waals surface area (Å²) in [5.74, 6) is 1.65. The molecule has 0 aromatic heterocycles. The first-order chi connectivity index (χ1) is 15.2. The van der Waals surface area contributed by atoms with Gasteiger partial charge in [-0.15, -0.1) is 0 Å². The molecule has 1 amide bonds. The van der Waals surface area contributed by atoms with Crippen LogP contribution in [0.15, 0.2) is 23.1 Å². The number of hydrogen-bond acceptors (Lipinski definition) is 6. The van der Waals surface area contributed by atoms with Gasteiger partial charge in [0.05, 0.1) is 9.82 Å². The molecule has 1 aromatic rings. The summed E-state index contributed by atoms with van der Waals surface area (Å²) >= 11 is 0. The lowest BCUT2D eigenvalue weighted by Gasteiger charge is -2.56. The summed E-state index contributed by atoms with van der Waals surface area (Å²) in [6.45, 7) is 3.58. The molecule has 9 nitrogen and oxygen atoms in total. The van der Waals surface area contributed by atoms with Crippen LogP contribution >= 0.6 is 0 Å². The summed E-state index contributed by atoms with van der Waals surface area (Å²) in [5, 5.41) is 14.7. The first-order valence-electron chi connectivity index (χ1n) is 11.4. The van der Waals surface area contributed by atoms with Crippen LogP contribution in [0.5, 0.6) is 5.75 Å². The predicted octanol–water partition coefficient (Wildman–Crippen LogP) is 3.09. The van der Waals surface area contributed by atoms with Crippen LogP contribution in [-0.4, -0.2) is 48.8 Å². The Kier molecular flexibility index (Phi) is 6.19. The number of nitro groups is 1. The number of benzene rings is 1. The minimum Gasteiger partial charge on any atom is -0.477 e. The van der Waals surface area contributed by atoms with Crippen molar-refractivity contribution in [2.24, 2.45) is 17.8 Å². The number of nitrogens with one attached hydrogen (secondary N) is 1. The zero-order valence-electron chi connectivity index (χ0n) is 18.6. The summed E-state index contributed by atoms with van der Waals surface area (Å²) in [5.41, 5.74) is -0.635. The first-order valence-corrected chi connectivity index (χ1v) is 12.8. The minimum atomic E-state index is -3.84. The summed E-state index contributed by atoms with van der Waals surface area (Å²) in [6, 6.07) is 3.54. The number of carbonyl (C=O) groups excluding carboxylic acids is 1. The fourth-order valence-corrected chi connectivity index (χ4v) is 7.85. The van der Waals surface area contributed by atoms with E-state index in [0.717, 1.165) is 25.3 Å². The molecule has 176 valence electrons. The standard InChI is InChI=1S/C22H31N3O6S/c1-3-24(4-2)32(29,30)18-5-6-20(19(10-18)25(27)28)31-14-21(26)23-22-11-15-7-16(12-22)9-17(8-15)13-22/h5-6,10,15-17H,3-4,7-9,11-14H2,1-2H3,(H,23,26). The largest absolute Gasteiger partial charge is 0.477 e. The molecule has 1 aromatic carbocycles. The number of nitro benzene ring substituents is 1. The van der Waals surface area contributed by atoms with Crippen LogP contribution in [-0.2, 0) is 14.8 Å². The molecule has 4 saturated carbocycles. The molecule has 32 heavy (non-hydrogen) atoms. The van der Waals surface area contributed by atoms with Crippen molar-refractivity contribution in [3.8, 4) is 5.75 Å². The second-order valence-corrected chi connectivity index (χ2v) is 11.4. The lowest BCUT2D eigenvalue weighted by Crippen LogP contribution is -2.60. The molecule has 5 rings (SSSR count). The molecule has 0 saturated heterocycles. The van der Waals surface area contributed by atoms with E-state index in [4.69, 9.17) is 4.74 Å². The number of amides is 1. The van der Waals surface area contributed by atoms with Gasteiger partial charge in [-0.2, -0.15) is 4.31 Å². The molecule has 4 fully saturated rings. The molecule has 0 spiro atoms. The zero-order valence-corrected chi connectivity index (χ0v) is 19.4. The average Bonchev–Trinajstić information content (AvgIpc) is 2.71. The van der Waals surface area contributed by atoms with Crippen molar-refractivity contribution >= 4 is 21.6 Å². The van der Waals surface area contributed by atoms with Crippen LogP contribution in [0, 0.1) is 27.9 Å². The third-order valence-electron chi connectivity index (χ3n) is 7.27. The van der Waals surface area contributed by atoms with Gasteiger partial charge in [0.2, 0.25) is 10.0 Å². The minimum absolute atomic E-state index is 0.117. The second kappa shape index (κ2) is 8.62. The molecule has 0 radical (unpaired) electrons. The van der Waals surface area contributed by atoms with Crippen molar-refractivity contribution in [1.82, 2.24) is 9.62 Å². The van der Waals surface area contributed by atoms with Gasteiger partial charge in [0.25, 0.3) is 5.91 Å². The molecular formula is C22H31N3O6S. The first kappa shape index (κ1) is 23.0. The van der Waals surface area contributed by atoms with E-state index in [1.54, 1.807) is 13.8 Å². The van der Waals surface area contributed by atoms with Gasteiger partial charge >= 0.3 is 5.69 Å². The number of hydrogen-bond donors (Lipinski definition) is 1.